The Bertz CT molecular complexity index is 572. The van der Waals surface area contributed by atoms with E-state index in [0.29, 0.717) is 0 Å². The van der Waals surface area contributed by atoms with Crippen molar-refractivity contribution >= 4 is 31.9 Å². The van der Waals surface area contributed by atoms with Crippen molar-refractivity contribution in [1.29, 1.82) is 0 Å². The summed E-state index contributed by atoms with van der Waals surface area (Å²) < 4.78 is 19.6. The second-order valence-corrected chi connectivity index (χ2v) is 6.22. The Morgan fingerprint density at radius 1 is 1.21 bits per heavy atom. The van der Waals surface area contributed by atoms with Crippen molar-refractivity contribution in [2.45, 2.75) is 11.2 Å². The van der Waals surface area contributed by atoms with E-state index in [4.69, 9.17) is 4.74 Å². The maximum atomic E-state index is 13.7. The first-order chi connectivity index (χ1) is 9.10. The average Bonchev–Trinajstić information content (AvgIpc) is 2.38. The molecule has 4 heteroatoms. The van der Waals surface area contributed by atoms with Crippen LogP contribution >= 0.6 is 31.9 Å². The summed E-state index contributed by atoms with van der Waals surface area (Å²) in [6, 6.07) is 13.1. The molecule has 1 nitrogen and oxygen atoms in total. The summed E-state index contributed by atoms with van der Waals surface area (Å²) in [5, 5.41) is 0. The molecule has 2 aromatic carbocycles. The molecule has 0 fully saturated rings. The number of rotatable bonds is 4. The molecule has 0 bridgehead atoms. The van der Waals surface area contributed by atoms with Crippen molar-refractivity contribution in [3.63, 3.8) is 0 Å². The highest BCUT2D eigenvalue weighted by atomic mass is 79.9. The minimum Gasteiger partial charge on any atom is -0.494 e. The van der Waals surface area contributed by atoms with E-state index in [1.807, 2.05) is 18.2 Å². The fourth-order valence-corrected chi connectivity index (χ4v) is 2.97. The van der Waals surface area contributed by atoms with Crippen molar-refractivity contribution in [1.82, 2.24) is 0 Å². The molecule has 0 aliphatic rings. The lowest BCUT2D eigenvalue weighted by Gasteiger charge is -2.12. The minimum atomic E-state index is -0.335. The first-order valence-corrected chi connectivity index (χ1v) is 7.53. The van der Waals surface area contributed by atoms with Gasteiger partial charge < -0.3 is 4.74 Å². The fraction of sp³-hybridized carbons (Fsp3) is 0.200. The molecule has 2 rings (SSSR count). The van der Waals surface area contributed by atoms with E-state index in [9.17, 15) is 4.39 Å². The number of halogens is 3. The Morgan fingerprint density at radius 2 is 2.00 bits per heavy atom. The van der Waals surface area contributed by atoms with Gasteiger partial charge in [0.2, 0.25) is 0 Å². The van der Waals surface area contributed by atoms with Gasteiger partial charge in [-0.1, -0.05) is 50.1 Å². The van der Waals surface area contributed by atoms with Gasteiger partial charge in [-0.25, -0.2) is 4.39 Å². The topological polar surface area (TPSA) is 9.23 Å². The van der Waals surface area contributed by atoms with Crippen LogP contribution in [0.1, 0.15) is 16.0 Å². The molecule has 0 saturated carbocycles. The third-order valence-corrected chi connectivity index (χ3v) is 4.19. The monoisotopic (exact) mass is 386 g/mol. The van der Waals surface area contributed by atoms with Gasteiger partial charge >= 0.3 is 0 Å². The number of benzene rings is 2. The van der Waals surface area contributed by atoms with Crippen molar-refractivity contribution in [3.05, 3.63) is 63.9 Å². The minimum absolute atomic E-state index is 0.0715. The molecule has 2 aromatic rings. The molecule has 0 saturated heterocycles. The number of methoxy groups -OCH3 is 1. The molecule has 1 atom stereocenters. The summed E-state index contributed by atoms with van der Waals surface area (Å²) in [5.74, 6) is -0.0652. The van der Waals surface area contributed by atoms with Gasteiger partial charge in [0.25, 0.3) is 0 Å². The SMILES string of the molecule is COc1ccc(C(Br)Cc2cccc(Br)c2)cc1F. The Kier molecular flexibility index (Phi) is 4.99. The molecule has 0 aromatic heterocycles. The first kappa shape index (κ1) is 14.5. The molecule has 0 amide bonds. The van der Waals surface area contributed by atoms with Crippen molar-refractivity contribution < 1.29 is 9.13 Å². The summed E-state index contributed by atoms with van der Waals surface area (Å²) in [5.41, 5.74) is 2.09. The number of hydrogen-bond donors (Lipinski definition) is 0. The highest BCUT2D eigenvalue weighted by Crippen LogP contribution is 2.30. The molecule has 1 unspecified atom stereocenters. The first-order valence-electron chi connectivity index (χ1n) is 5.82. The van der Waals surface area contributed by atoms with Crippen LogP contribution < -0.4 is 4.74 Å². The van der Waals surface area contributed by atoms with Crippen LogP contribution in [0.4, 0.5) is 4.39 Å². The normalized spacial score (nSPS) is 12.2. The maximum Gasteiger partial charge on any atom is 0.165 e. The smallest absolute Gasteiger partial charge is 0.165 e. The molecule has 0 aliphatic heterocycles. The molecule has 19 heavy (non-hydrogen) atoms. The number of hydrogen-bond acceptors (Lipinski definition) is 1. The van der Waals surface area contributed by atoms with Gasteiger partial charge in [0.1, 0.15) is 0 Å². The highest BCUT2D eigenvalue weighted by Gasteiger charge is 2.12. The van der Waals surface area contributed by atoms with Crippen LogP contribution in [0.3, 0.4) is 0 Å². The second kappa shape index (κ2) is 6.53. The van der Waals surface area contributed by atoms with Gasteiger partial charge in [-0.3, -0.25) is 0 Å². The van der Waals surface area contributed by atoms with Crippen molar-refractivity contribution in [3.8, 4) is 5.75 Å². The van der Waals surface area contributed by atoms with Gasteiger partial charge in [-0.15, -0.1) is 0 Å². The van der Waals surface area contributed by atoms with E-state index in [1.54, 1.807) is 6.07 Å². The Hall–Kier alpha value is -0.870. The summed E-state index contributed by atoms with van der Waals surface area (Å²) >= 11 is 7.05. The predicted octanol–water partition coefficient (Wildman–Crippen LogP) is 5.28. The molecule has 0 N–H and O–H groups in total. The van der Waals surface area contributed by atoms with Crippen molar-refractivity contribution in [2.24, 2.45) is 0 Å². The molecule has 0 aliphatic carbocycles. The number of alkyl halides is 1. The van der Waals surface area contributed by atoms with Crippen LogP contribution in [0.25, 0.3) is 0 Å². The van der Waals surface area contributed by atoms with Crippen LogP contribution in [0.15, 0.2) is 46.9 Å². The van der Waals surface area contributed by atoms with E-state index >= 15 is 0 Å². The summed E-state index contributed by atoms with van der Waals surface area (Å²) in [6.45, 7) is 0. The highest BCUT2D eigenvalue weighted by molar-refractivity contribution is 9.10. The van der Waals surface area contributed by atoms with Crippen LogP contribution in [0, 0.1) is 5.82 Å². The molecule has 0 heterocycles. The van der Waals surface area contributed by atoms with Crippen molar-refractivity contribution in [2.75, 3.05) is 7.11 Å². The van der Waals surface area contributed by atoms with E-state index in [2.05, 4.69) is 44.0 Å². The Morgan fingerprint density at radius 3 is 2.63 bits per heavy atom. The lowest BCUT2D eigenvalue weighted by molar-refractivity contribution is 0.386. The maximum absolute atomic E-state index is 13.7. The van der Waals surface area contributed by atoms with Gasteiger partial charge in [0, 0.05) is 9.30 Å². The lowest BCUT2D eigenvalue weighted by atomic mass is 10.0. The van der Waals surface area contributed by atoms with Crippen LogP contribution in [-0.2, 0) is 6.42 Å². The zero-order chi connectivity index (χ0) is 13.8. The van der Waals surface area contributed by atoms with E-state index in [-0.39, 0.29) is 16.4 Å². The molecular formula is C15H13Br2FO. The van der Waals surface area contributed by atoms with Gasteiger partial charge in [0.05, 0.1) is 7.11 Å². The molecular weight excluding hydrogens is 375 g/mol. The Balaban J connectivity index is 2.15. The van der Waals surface area contributed by atoms with E-state index in [0.717, 1.165) is 16.5 Å². The van der Waals surface area contributed by atoms with Crippen LogP contribution in [0.2, 0.25) is 0 Å². The fourth-order valence-electron chi connectivity index (χ4n) is 1.87. The van der Waals surface area contributed by atoms with Gasteiger partial charge in [-0.2, -0.15) is 0 Å². The second-order valence-electron chi connectivity index (χ2n) is 4.20. The van der Waals surface area contributed by atoms with Crippen LogP contribution in [0.5, 0.6) is 5.75 Å². The summed E-state index contributed by atoms with van der Waals surface area (Å²) in [6.07, 6.45) is 0.797. The van der Waals surface area contributed by atoms with Gasteiger partial charge in [-0.05, 0) is 41.8 Å². The van der Waals surface area contributed by atoms with Gasteiger partial charge in [0.15, 0.2) is 11.6 Å². The predicted molar refractivity (Wildman–Crippen MR) is 82.5 cm³/mol. The quantitative estimate of drug-likeness (QED) is 0.649. The van der Waals surface area contributed by atoms with Crippen LogP contribution in [-0.4, -0.2) is 7.11 Å². The molecule has 0 spiro atoms. The third kappa shape index (κ3) is 3.80. The number of ether oxygens (including phenoxy) is 1. The summed E-state index contributed by atoms with van der Waals surface area (Å²) in [7, 11) is 1.46. The standard InChI is InChI=1S/C15H13Br2FO/c1-19-15-6-5-11(9-14(15)18)13(17)8-10-3-2-4-12(16)7-10/h2-7,9,13H,8H2,1H3. The average molecular weight is 388 g/mol. The van der Waals surface area contributed by atoms with E-state index in [1.165, 1.54) is 18.7 Å². The Labute approximate surface area is 129 Å². The molecule has 100 valence electrons. The molecule has 0 radical (unpaired) electrons. The summed E-state index contributed by atoms with van der Waals surface area (Å²) in [4.78, 5) is 0.0715. The zero-order valence-electron chi connectivity index (χ0n) is 10.4. The van der Waals surface area contributed by atoms with E-state index < -0.39 is 0 Å². The largest absolute Gasteiger partial charge is 0.494 e. The third-order valence-electron chi connectivity index (χ3n) is 2.84. The lowest BCUT2D eigenvalue weighted by Crippen LogP contribution is -1.97. The zero-order valence-corrected chi connectivity index (χ0v) is 13.5.